The average molecular weight is 349 g/mol. The van der Waals surface area contributed by atoms with Gasteiger partial charge >= 0.3 is 12.1 Å². The summed E-state index contributed by atoms with van der Waals surface area (Å²) in [5.74, 6) is -1.31. The van der Waals surface area contributed by atoms with Crippen molar-refractivity contribution in [3.05, 3.63) is 34.3 Å². The Kier molecular flexibility index (Phi) is 4.26. The fourth-order valence-corrected chi connectivity index (χ4v) is 3.39. The second-order valence-corrected chi connectivity index (χ2v) is 6.90. The first kappa shape index (κ1) is 17.8. The summed E-state index contributed by atoms with van der Waals surface area (Å²) >= 11 is 5.61. The van der Waals surface area contributed by atoms with Crippen molar-refractivity contribution in [2.45, 2.75) is 44.7 Å². The van der Waals surface area contributed by atoms with Crippen molar-refractivity contribution in [1.29, 1.82) is 0 Å². The van der Waals surface area contributed by atoms with E-state index < -0.39 is 33.6 Å². The number of hydrogen-bond donors (Lipinski definition) is 1. The zero-order chi connectivity index (χ0) is 17.6. The predicted octanol–water partition coefficient (Wildman–Crippen LogP) is 4.46. The number of Topliss-reactive ketones (excluding diaryl/α,β-unsaturated/α-hetero) is 1. The molecular weight excluding hydrogens is 333 g/mol. The summed E-state index contributed by atoms with van der Waals surface area (Å²) in [5, 5.41) is 8.93. The Hall–Kier alpha value is -1.56. The number of carbonyl (C=O) groups excluding carboxylic acids is 1. The highest BCUT2D eigenvalue weighted by Gasteiger charge is 2.50. The van der Waals surface area contributed by atoms with Gasteiger partial charge in [0.05, 0.1) is 21.4 Å². The van der Waals surface area contributed by atoms with Crippen LogP contribution in [0.25, 0.3) is 0 Å². The third-order valence-corrected chi connectivity index (χ3v) is 5.02. The van der Waals surface area contributed by atoms with Crippen molar-refractivity contribution in [1.82, 2.24) is 0 Å². The minimum absolute atomic E-state index is 0.0171. The summed E-state index contributed by atoms with van der Waals surface area (Å²) < 4.78 is 39.1. The van der Waals surface area contributed by atoms with Crippen molar-refractivity contribution in [2.75, 3.05) is 0 Å². The Morgan fingerprint density at radius 1 is 1.30 bits per heavy atom. The zero-order valence-electron chi connectivity index (χ0n) is 12.6. The topological polar surface area (TPSA) is 54.4 Å². The van der Waals surface area contributed by atoms with Gasteiger partial charge in [0.2, 0.25) is 0 Å². The van der Waals surface area contributed by atoms with Crippen LogP contribution in [0.1, 0.15) is 44.2 Å². The molecule has 2 atom stereocenters. The van der Waals surface area contributed by atoms with Gasteiger partial charge in [0.15, 0.2) is 0 Å². The molecule has 1 saturated carbocycles. The first-order valence-electron chi connectivity index (χ1n) is 7.04. The van der Waals surface area contributed by atoms with Crippen LogP contribution < -0.4 is 0 Å². The van der Waals surface area contributed by atoms with Gasteiger partial charge in [-0.3, -0.25) is 9.59 Å². The monoisotopic (exact) mass is 348 g/mol. The van der Waals surface area contributed by atoms with E-state index in [9.17, 15) is 27.9 Å². The molecule has 2 rings (SSSR count). The molecule has 0 saturated heterocycles. The lowest BCUT2D eigenvalue weighted by Gasteiger charge is -2.41. The molecule has 1 aromatic rings. The van der Waals surface area contributed by atoms with E-state index in [1.807, 2.05) is 0 Å². The van der Waals surface area contributed by atoms with Crippen molar-refractivity contribution in [3.8, 4) is 0 Å². The van der Waals surface area contributed by atoms with E-state index in [1.165, 1.54) is 19.9 Å². The number of carboxylic acids is 1. The van der Waals surface area contributed by atoms with Crippen LogP contribution in [-0.4, -0.2) is 16.9 Å². The number of alkyl halides is 3. The lowest BCUT2D eigenvalue weighted by molar-refractivity contribution is -0.153. The minimum Gasteiger partial charge on any atom is -0.481 e. The molecule has 1 aromatic carbocycles. The summed E-state index contributed by atoms with van der Waals surface area (Å²) in [5.41, 5.74) is -3.31. The summed E-state index contributed by atoms with van der Waals surface area (Å²) in [6.07, 6.45) is -4.50. The van der Waals surface area contributed by atoms with Gasteiger partial charge in [-0.2, -0.15) is 13.2 Å². The van der Waals surface area contributed by atoms with E-state index in [-0.39, 0.29) is 30.6 Å². The first-order valence-corrected chi connectivity index (χ1v) is 7.42. The van der Waals surface area contributed by atoms with Crippen LogP contribution in [0, 0.1) is 5.41 Å². The van der Waals surface area contributed by atoms with Crippen LogP contribution in [0.15, 0.2) is 18.2 Å². The number of aliphatic carboxylic acids is 1. The molecule has 3 nitrogen and oxygen atoms in total. The number of ketones is 1. The highest BCUT2D eigenvalue weighted by atomic mass is 35.5. The maximum Gasteiger partial charge on any atom is 0.417 e. The second-order valence-electron chi connectivity index (χ2n) is 6.49. The quantitative estimate of drug-likeness (QED) is 0.858. The normalized spacial score (nSPS) is 28.7. The molecule has 126 valence electrons. The Balaban J connectivity index is 2.54. The molecule has 0 amide bonds. The van der Waals surface area contributed by atoms with E-state index in [4.69, 9.17) is 11.6 Å². The van der Waals surface area contributed by atoms with Gasteiger partial charge in [0, 0.05) is 6.42 Å². The fraction of sp³-hybridized carbons (Fsp3) is 0.500. The van der Waals surface area contributed by atoms with E-state index in [0.29, 0.717) is 0 Å². The summed E-state index contributed by atoms with van der Waals surface area (Å²) in [7, 11) is 0. The van der Waals surface area contributed by atoms with E-state index >= 15 is 0 Å². The van der Waals surface area contributed by atoms with Crippen LogP contribution in [0.3, 0.4) is 0 Å². The highest BCUT2D eigenvalue weighted by molar-refractivity contribution is 6.31. The van der Waals surface area contributed by atoms with Crippen LogP contribution >= 0.6 is 11.6 Å². The van der Waals surface area contributed by atoms with Gasteiger partial charge in [-0.1, -0.05) is 17.7 Å². The molecule has 1 aliphatic rings. The molecule has 0 aromatic heterocycles. The van der Waals surface area contributed by atoms with E-state index in [2.05, 4.69) is 0 Å². The molecule has 1 fully saturated rings. The maximum atomic E-state index is 13.0. The van der Waals surface area contributed by atoms with Gasteiger partial charge in [-0.25, -0.2) is 0 Å². The number of halogens is 4. The Bertz CT molecular complexity index is 671. The third-order valence-electron chi connectivity index (χ3n) is 4.69. The summed E-state index contributed by atoms with van der Waals surface area (Å²) in [6.45, 7) is 3.01. The van der Waals surface area contributed by atoms with Crippen LogP contribution in [0.2, 0.25) is 5.02 Å². The molecule has 0 aliphatic heterocycles. The van der Waals surface area contributed by atoms with Gasteiger partial charge in [-0.15, -0.1) is 0 Å². The van der Waals surface area contributed by atoms with E-state index in [0.717, 1.165) is 12.1 Å². The van der Waals surface area contributed by atoms with Crippen LogP contribution in [0.5, 0.6) is 0 Å². The molecule has 0 spiro atoms. The Morgan fingerprint density at radius 3 is 2.43 bits per heavy atom. The molecule has 0 heterocycles. The molecule has 1 N–H and O–H groups in total. The number of benzene rings is 1. The lowest BCUT2D eigenvalue weighted by Crippen LogP contribution is -2.46. The molecule has 23 heavy (non-hydrogen) atoms. The molecule has 7 heteroatoms. The number of carboxylic acid groups (broad SMARTS) is 1. The van der Waals surface area contributed by atoms with Gasteiger partial charge in [0.25, 0.3) is 0 Å². The lowest BCUT2D eigenvalue weighted by atomic mass is 9.60. The molecule has 0 radical (unpaired) electrons. The second kappa shape index (κ2) is 5.51. The SMILES string of the molecule is C[C@]1(C(=O)O)CCC(=O)[C@](C)(c2ccc(Cl)c(C(F)(F)F)c2)C1. The summed E-state index contributed by atoms with van der Waals surface area (Å²) in [4.78, 5) is 23.8. The number of carbonyl (C=O) groups is 2. The van der Waals surface area contributed by atoms with Gasteiger partial charge in [0.1, 0.15) is 5.78 Å². The fourth-order valence-electron chi connectivity index (χ4n) is 3.16. The zero-order valence-corrected chi connectivity index (χ0v) is 13.4. The van der Waals surface area contributed by atoms with Crippen LogP contribution in [0.4, 0.5) is 13.2 Å². The van der Waals surface area contributed by atoms with Gasteiger partial charge in [-0.05, 0) is 44.4 Å². The van der Waals surface area contributed by atoms with Gasteiger partial charge < -0.3 is 5.11 Å². The number of rotatable bonds is 2. The predicted molar refractivity (Wildman–Crippen MR) is 78.4 cm³/mol. The molecular formula is C16H16ClF3O3. The molecule has 0 bridgehead atoms. The Morgan fingerprint density at radius 2 is 1.91 bits per heavy atom. The van der Waals surface area contributed by atoms with Crippen molar-refractivity contribution >= 4 is 23.4 Å². The third kappa shape index (κ3) is 3.09. The smallest absolute Gasteiger partial charge is 0.417 e. The average Bonchev–Trinajstić information content (AvgIpc) is 2.42. The minimum atomic E-state index is -4.64. The van der Waals surface area contributed by atoms with Crippen molar-refractivity contribution in [3.63, 3.8) is 0 Å². The highest BCUT2D eigenvalue weighted by Crippen LogP contribution is 2.47. The summed E-state index contributed by atoms with van der Waals surface area (Å²) in [6, 6.07) is 3.32. The number of hydrogen-bond acceptors (Lipinski definition) is 2. The van der Waals surface area contributed by atoms with Crippen molar-refractivity contribution < 1.29 is 27.9 Å². The standard InChI is InChI=1S/C16H16ClF3O3/c1-14(13(22)23)6-5-12(21)15(2,8-14)9-3-4-11(17)10(7-9)16(18,19)20/h3-4,7H,5-6,8H2,1-2H3,(H,22,23)/t14-,15-/m0/s1. The van der Waals surface area contributed by atoms with E-state index in [1.54, 1.807) is 0 Å². The van der Waals surface area contributed by atoms with Crippen LogP contribution in [-0.2, 0) is 21.2 Å². The molecule has 1 aliphatic carbocycles. The first-order chi connectivity index (χ1) is 10.4. The van der Waals surface area contributed by atoms with Crippen molar-refractivity contribution in [2.24, 2.45) is 5.41 Å². The maximum absolute atomic E-state index is 13.0. The molecule has 0 unspecified atom stereocenters. The Labute approximate surface area is 136 Å². The largest absolute Gasteiger partial charge is 0.481 e.